The van der Waals surface area contributed by atoms with Gasteiger partial charge in [0.05, 0.1) is 12.2 Å². The predicted molar refractivity (Wildman–Crippen MR) is 103 cm³/mol. The fourth-order valence-corrected chi connectivity index (χ4v) is 4.24. The van der Waals surface area contributed by atoms with E-state index in [1.54, 1.807) is 4.68 Å². The van der Waals surface area contributed by atoms with Crippen molar-refractivity contribution in [1.29, 1.82) is 0 Å². The second kappa shape index (κ2) is 6.63. The van der Waals surface area contributed by atoms with Gasteiger partial charge >= 0.3 is 0 Å². The highest BCUT2D eigenvalue weighted by atomic mass is 16.2. The molecule has 136 valence electrons. The topological polar surface area (TPSA) is 53.9 Å². The molecule has 1 atom stereocenters. The number of aromatic amines is 1. The van der Waals surface area contributed by atoms with Crippen molar-refractivity contribution in [3.05, 3.63) is 53.5 Å². The number of hydrogen-bond donors (Lipinski definition) is 1. The smallest absolute Gasteiger partial charge is 0.223 e. The van der Waals surface area contributed by atoms with E-state index in [2.05, 4.69) is 53.1 Å². The van der Waals surface area contributed by atoms with Crippen LogP contribution in [0.2, 0.25) is 0 Å². The number of rotatable bonds is 4. The van der Waals surface area contributed by atoms with Gasteiger partial charge in [0.25, 0.3) is 0 Å². The molecular formula is C21H26N4O. The molecule has 1 amide bonds. The molecule has 0 saturated carbocycles. The molecule has 1 aromatic carbocycles. The van der Waals surface area contributed by atoms with E-state index in [9.17, 15) is 4.79 Å². The van der Waals surface area contributed by atoms with E-state index in [1.807, 2.05) is 19.4 Å². The highest BCUT2D eigenvalue weighted by molar-refractivity contribution is 5.86. The third-order valence-corrected chi connectivity index (χ3v) is 5.42. The predicted octanol–water partition coefficient (Wildman–Crippen LogP) is 3.62. The van der Waals surface area contributed by atoms with Crippen molar-refractivity contribution in [3.8, 4) is 0 Å². The normalized spacial score (nSPS) is 17.1. The first kappa shape index (κ1) is 16.9. The lowest BCUT2D eigenvalue weighted by molar-refractivity contribution is -0.135. The minimum absolute atomic E-state index is 0.118. The van der Waals surface area contributed by atoms with Crippen LogP contribution in [0.25, 0.3) is 10.9 Å². The number of carbonyl (C=O) groups excluding carboxylic acids is 1. The lowest BCUT2D eigenvalue weighted by atomic mass is 9.90. The van der Waals surface area contributed by atoms with E-state index in [0.717, 1.165) is 24.9 Å². The second-order valence-corrected chi connectivity index (χ2v) is 7.61. The van der Waals surface area contributed by atoms with Gasteiger partial charge in [-0.3, -0.25) is 9.48 Å². The summed E-state index contributed by atoms with van der Waals surface area (Å²) in [6, 6.07) is 8.58. The zero-order valence-corrected chi connectivity index (χ0v) is 15.7. The van der Waals surface area contributed by atoms with Gasteiger partial charge in [-0.2, -0.15) is 5.10 Å². The molecule has 3 heterocycles. The van der Waals surface area contributed by atoms with Gasteiger partial charge in [0.1, 0.15) is 0 Å². The summed E-state index contributed by atoms with van der Waals surface area (Å²) in [5.74, 6) is 0.598. The van der Waals surface area contributed by atoms with Crippen molar-refractivity contribution >= 4 is 16.8 Å². The van der Waals surface area contributed by atoms with Gasteiger partial charge in [-0.05, 0) is 36.0 Å². The van der Waals surface area contributed by atoms with Gasteiger partial charge in [0.15, 0.2) is 0 Å². The Hall–Kier alpha value is -2.56. The fraction of sp³-hybridized carbons (Fsp3) is 0.429. The molecule has 4 rings (SSSR count). The number of aromatic nitrogens is 3. The van der Waals surface area contributed by atoms with Gasteiger partial charge in [-0.15, -0.1) is 0 Å². The highest BCUT2D eigenvalue weighted by Gasteiger charge is 2.34. The summed E-state index contributed by atoms with van der Waals surface area (Å²) in [7, 11) is 1.90. The molecule has 26 heavy (non-hydrogen) atoms. The molecule has 0 fully saturated rings. The maximum Gasteiger partial charge on any atom is 0.223 e. The Labute approximate surface area is 154 Å². The quantitative estimate of drug-likeness (QED) is 0.781. The van der Waals surface area contributed by atoms with E-state index in [1.165, 1.54) is 22.2 Å². The van der Waals surface area contributed by atoms with Crippen LogP contribution in [-0.2, 0) is 24.7 Å². The molecule has 0 bridgehead atoms. The van der Waals surface area contributed by atoms with Crippen LogP contribution >= 0.6 is 0 Å². The zero-order chi connectivity index (χ0) is 18.3. The van der Waals surface area contributed by atoms with Crippen LogP contribution in [0.15, 0.2) is 36.7 Å². The van der Waals surface area contributed by atoms with Crippen molar-refractivity contribution in [2.24, 2.45) is 13.0 Å². The SMILES string of the molecule is CC(C)C1c2[nH]c3ccccc3c2CCN1C(=O)CCc1cnn(C)c1. The lowest BCUT2D eigenvalue weighted by Crippen LogP contribution is -2.42. The van der Waals surface area contributed by atoms with E-state index in [4.69, 9.17) is 0 Å². The van der Waals surface area contributed by atoms with Crippen molar-refractivity contribution in [1.82, 2.24) is 19.7 Å². The Kier molecular flexibility index (Phi) is 4.31. The van der Waals surface area contributed by atoms with Crippen molar-refractivity contribution < 1.29 is 4.79 Å². The summed E-state index contributed by atoms with van der Waals surface area (Å²) < 4.78 is 1.79. The van der Waals surface area contributed by atoms with Crippen molar-refractivity contribution in [2.75, 3.05) is 6.54 Å². The number of para-hydroxylation sites is 1. The zero-order valence-electron chi connectivity index (χ0n) is 15.7. The minimum atomic E-state index is 0.118. The first-order valence-electron chi connectivity index (χ1n) is 9.41. The van der Waals surface area contributed by atoms with Crippen LogP contribution in [0, 0.1) is 5.92 Å². The van der Waals surface area contributed by atoms with Gasteiger partial charge in [-0.1, -0.05) is 32.0 Å². The summed E-state index contributed by atoms with van der Waals surface area (Å²) in [5.41, 5.74) is 4.90. The Morgan fingerprint density at radius 2 is 2.15 bits per heavy atom. The maximum atomic E-state index is 13.0. The van der Waals surface area contributed by atoms with Crippen LogP contribution in [-0.4, -0.2) is 32.1 Å². The van der Waals surface area contributed by atoms with Crippen molar-refractivity contribution in [2.45, 2.75) is 39.2 Å². The first-order valence-corrected chi connectivity index (χ1v) is 9.41. The number of carbonyl (C=O) groups is 1. The Bertz CT molecular complexity index is 937. The molecule has 1 aliphatic rings. The summed E-state index contributed by atoms with van der Waals surface area (Å²) in [6.45, 7) is 5.20. The number of nitrogens with one attached hydrogen (secondary N) is 1. The van der Waals surface area contributed by atoms with Crippen LogP contribution < -0.4 is 0 Å². The molecule has 5 nitrogen and oxygen atoms in total. The molecule has 1 unspecified atom stereocenters. The number of H-pyrrole nitrogens is 1. The molecule has 1 aliphatic heterocycles. The van der Waals surface area contributed by atoms with E-state index in [-0.39, 0.29) is 11.9 Å². The maximum absolute atomic E-state index is 13.0. The Morgan fingerprint density at radius 3 is 2.88 bits per heavy atom. The number of aryl methyl sites for hydroxylation is 2. The average molecular weight is 350 g/mol. The van der Waals surface area contributed by atoms with Crippen LogP contribution in [0.5, 0.6) is 0 Å². The van der Waals surface area contributed by atoms with Gasteiger partial charge in [0, 0.05) is 42.8 Å². The minimum Gasteiger partial charge on any atom is -0.356 e. The molecule has 0 radical (unpaired) electrons. The third kappa shape index (κ3) is 2.91. The van der Waals surface area contributed by atoms with Crippen molar-refractivity contribution in [3.63, 3.8) is 0 Å². The van der Waals surface area contributed by atoms with E-state index < -0.39 is 0 Å². The van der Waals surface area contributed by atoms with E-state index >= 15 is 0 Å². The van der Waals surface area contributed by atoms with Crippen LogP contribution in [0.3, 0.4) is 0 Å². The first-order chi connectivity index (χ1) is 12.5. The van der Waals surface area contributed by atoms with Crippen LogP contribution in [0.1, 0.15) is 43.1 Å². The monoisotopic (exact) mass is 350 g/mol. The molecular weight excluding hydrogens is 324 g/mol. The molecule has 5 heteroatoms. The number of hydrogen-bond acceptors (Lipinski definition) is 2. The van der Waals surface area contributed by atoms with Crippen LogP contribution in [0.4, 0.5) is 0 Å². The molecule has 0 spiro atoms. The summed E-state index contributed by atoms with van der Waals surface area (Å²) in [4.78, 5) is 18.7. The van der Waals surface area contributed by atoms with Gasteiger partial charge in [-0.25, -0.2) is 0 Å². The molecule has 0 saturated heterocycles. The molecule has 0 aliphatic carbocycles. The summed E-state index contributed by atoms with van der Waals surface area (Å²) in [5, 5.41) is 5.49. The highest BCUT2D eigenvalue weighted by Crippen LogP contribution is 2.38. The largest absolute Gasteiger partial charge is 0.356 e. The molecule has 2 aromatic heterocycles. The standard InChI is InChI=1S/C21H26N4O/c1-14(2)21-20-17(16-6-4-5-7-18(16)23-20)10-11-25(21)19(26)9-8-15-12-22-24(3)13-15/h4-7,12-14,21,23H,8-11H2,1-3H3. The fourth-order valence-electron chi connectivity index (χ4n) is 4.24. The Balaban J connectivity index is 1.59. The van der Waals surface area contributed by atoms with Gasteiger partial charge in [0.2, 0.25) is 5.91 Å². The average Bonchev–Trinajstić information content (AvgIpc) is 3.21. The third-order valence-electron chi connectivity index (χ3n) is 5.42. The molecule has 3 aromatic rings. The lowest BCUT2D eigenvalue weighted by Gasteiger charge is -2.38. The number of nitrogens with zero attached hydrogens (tertiary/aromatic N) is 3. The number of amides is 1. The number of fused-ring (bicyclic) bond motifs is 3. The summed E-state index contributed by atoms with van der Waals surface area (Å²) in [6.07, 6.45) is 6.03. The summed E-state index contributed by atoms with van der Waals surface area (Å²) >= 11 is 0. The second-order valence-electron chi connectivity index (χ2n) is 7.61. The number of benzene rings is 1. The Morgan fingerprint density at radius 1 is 1.35 bits per heavy atom. The molecule has 1 N–H and O–H groups in total. The van der Waals surface area contributed by atoms with Gasteiger partial charge < -0.3 is 9.88 Å². The van der Waals surface area contributed by atoms with E-state index in [0.29, 0.717) is 12.3 Å².